The molecule has 4 aliphatic rings. The minimum absolute atomic E-state index is 0.0687. The van der Waals surface area contributed by atoms with Gasteiger partial charge in [0.15, 0.2) is 0 Å². The molecular weight excluding hydrogens is 528 g/mol. The fraction of sp³-hybridized carbons (Fsp3) is 0.550. The Morgan fingerprint density at radius 2 is 1.42 bits per heavy atom. The van der Waals surface area contributed by atoms with E-state index < -0.39 is 0 Å². The number of ketones is 1. The second-order valence-electron chi connectivity index (χ2n) is 14.8. The van der Waals surface area contributed by atoms with Gasteiger partial charge in [-0.05, 0) is 117 Å². The van der Waals surface area contributed by atoms with Gasteiger partial charge in [0.1, 0.15) is 11.9 Å². The van der Waals surface area contributed by atoms with Crippen molar-refractivity contribution in [3.8, 4) is 0 Å². The lowest BCUT2D eigenvalue weighted by Crippen LogP contribution is -2.59. The summed E-state index contributed by atoms with van der Waals surface area (Å²) in [4.78, 5) is 24.9. The van der Waals surface area contributed by atoms with E-state index in [1.54, 1.807) is 13.8 Å². The lowest BCUT2D eigenvalue weighted by Gasteiger charge is -2.62. The number of benzene rings is 2. The SMILES string of the molecule is CC(=O)OC1CC2C(CCC3CC(C(C)=O)CCC32C)C2CCC(/C(C)=C/C=C(c3ccccc3)c3ccccc3)C12C. The van der Waals surface area contributed by atoms with Gasteiger partial charge in [-0.25, -0.2) is 0 Å². The summed E-state index contributed by atoms with van der Waals surface area (Å²) >= 11 is 0. The standard InChI is InChI=1S/C40H50O3/c1-26(16-18-33(29-12-8-6-9-13-29)30-14-10-7-11-15-30)35-20-21-36-34-19-17-32-24-31(27(2)41)22-23-39(32,4)37(34)25-38(40(35,36)5)43-28(3)42/h6-16,18,31-32,34-38H,17,19-25H2,1-5H3/b26-16+. The average Bonchev–Trinajstić information content (AvgIpc) is 3.36. The predicted octanol–water partition coefficient (Wildman–Crippen LogP) is 9.47. The molecule has 3 nitrogen and oxygen atoms in total. The second-order valence-corrected chi connectivity index (χ2v) is 14.8. The molecule has 0 aliphatic heterocycles. The third kappa shape index (κ3) is 5.36. The molecule has 0 N–H and O–H groups in total. The maximum absolute atomic E-state index is 12.6. The van der Waals surface area contributed by atoms with Crippen LogP contribution in [0, 0.1) is 46.3 Å². The van der Waals surface area contributed by atoms with Gasteiger partial charge in [0.05, 0.1) is 0 Å². The summed E-state index contributed by atoms with van der Waals surface area (Å²) in [5.74, 6) is 3.24. The maximum atomic E-state index is 12.6. The molecular formula is C40H50O3. The minimum Gasteiger partial charge on any atom is -0.462 e. The van der Waals surface area contributed by atoms with Crippen LogP contribution >= 0.6 is 0 Å². The van der Waals surface area contributed by atoms with Crippen molar-refractivity contribution in [2.24, 2.45) is 46.3 Å². The first-order chi connectivity index (χ1) is 20.6. The number of rotatable bonds is 6. The highest BCUT2D eigenvalue weighted by molar-refractivity contribution is 5.81. The van der Waals surface area contributed by atoms with Crippen LogP contribution in [0.4, 0.5) is 0 Å². The molecule has 4 aliphatic carbocycles. The molecule has 0 spiro atoms. The van der Waals surface area contributed by atoms with Crippen LogP contribution in [0.2, 0.25) is 0 Å². The van der Waals surface area contributed by atoms with Crippen molar-refractivity contribution < 1.29 is 14.3 Å². The van der Waals surface area contributed by atoms with Crippen LogP contribution in [0.5, 0.6) is 0 Å². The number of allylic oxidation sites excluding steroid dienone is 3. The summed E-state index contributed by atoms with van der Waals surface area (Å²) in [5.41, 5.74) is 5.23. The van der Waals surface area contributed by atoms with Crippen LogP contribution in [0.1, 0.15) is 97.1 Å². The third-order valence-corrected chi connectivity index (χ3v) is 12.9. The Balaban J connectivity index is 1.33. The van der Waals surface area contributed by atoms with E-state index in [9.17, 15) is 9.59 Å². The summed E-state index contributed by atoms with van der Waals surface area (Å²) < 4.78 is 6.35. The fourth-order valence-electron chi connectivity index (χ4n) is 10.6. The van der Waals surface area contributed by atoms with Crippen molar-refractivity contribution in [2.45, 2.75) is 92.1 Å². The van der Waals surface area contributed by atoms with Crippen molar-refractivity contribution in [1.82, 2.24) is 0 Å². The first kappa shape index (κ1) is 30.1. The summed E-state index contributed by atoms with van der Waals surface area (Å²) in [5, 5.41) is 0. The van der Waals surface area contributed by atoms with E-state index in [2.05, 4.69) is 93.6 Å². The molecule has 0 heterocycles. The fourth-order valence-corrected chi connectivity index (χ4v) is 10.6. The molecule has 4 fully saturated rings. The number of ether oxygens (including phenoxy) is 1. The summed E-state index contributed by atoms with van der Waals surface area (Å²) in [6.45, 7) is 10.7. The Bertz CT molecular complexity index is 1350. The molecule has 0 saturated heterocycles. The molecule has 43 heavy (non-hydrogen) atoms. The molecule has 0 amide bonds. The molecule has 4 saturated carbocycles. The Morgan fingerprint density at radius 1 is 0.767 bits per heavy atom. The van der Waals surface area contributed by atoms with E-state index in [1.807, 2.05) is 0 Å². The van der Waals surface area contributed by atoms with Gasteiger partial charge in [-0.15, -0.1) is 0 Å². The summed E-state index contributed by atoms with van der Waals surface area (Å²) in [6.07, 6.45) is 13.6. The summed E-state index contributed by atoms with van der Waals surface area (Å²) in [6, 6.07) is 21.3. The number of carbonyl (C=O) groups excluding carboxylic acids is 2. The van der Waals surface area contributed by atoms with E-state index in [0.29, 0.717) is 35.4 Å². The molecule has 0 radical (unpaired) electrons. The van der Waals surface area contributed by atoms with Crippen molar-refractivity contribution in [2.75, 3.05) is 0 Å². The molecule has 0 aromatic heterocycles. The predicted molar refractivity (Wildman–Crippen MR) is 174 cm³/mol. The number of hydrogen-bond acceptors (Lipinski definition) is 3. The topological polar surface area (TPSA) is 43.4 Å². The zero-order valence-corrected chi connectivity index (χ0v) is 26.9. The Hall–Kier alpha value is -2.94. The Labute approximate surface area is 259 Å². The third-order valence-electron chi connectivity index (χ3n) is 12.9. The van der Waals surface area contributed by atoms with Gasteiger partial charge in [-0.2, -0.15) is 0 Å². The first-order valence-corrected chi connectivity index (χ1v) is 16.8. The highest BCUT2D eigenvalue weighted by atomic mass is 16.5. The van der Waals surface area contributed by atoms with Crippen LogP contribution < -0.4 is 0 Å². The minimum atomic E-state index is -0.149. The van der Waals surface area contributed by atoms with E-state index in [-0.39, 0.29) is 28.8 Å². The smallest absolute Gasteiger partial charge is 0.302 e. The van der Waals surface area contributed by atoms with E-state index >= 15 is 0 Å². The van der Waals surface area contributed by atoms with Gasteiger partial charge in [-0.3, -0.25) is 9.59 Å². The highest BCUT2D eigenvalue weighted by Gasteiger charge is 2.64. The summed E-state index contributed by atoms with van der Waals surface area (Å²) in [7, 11) is 0. The van der Waals surface area contributed by atoms with E-state index in [1.165, 1.54) is 41.5 Å². The zero-order chi connectivity index (χ0) is 30.4. The van der Waals surface area contributed by atoms with E-state index in [4.69, 9.17) is 4.74 Å². The van der Waals surface area contributed by atoms with Crippen LogP contribution in [-0.2, 0) is 14.3 Å². The lowest BCUT2D eigenvalue weighted by atomic mass is 9.43. The molecule has 3 heteroatoms. The van der Waals surface area contributed by atoms with Crippen molar-refractivity contribution in [3.63, 3.8) is 0 Å². The Morgan fingerprint density at radius 3 is 2.02 bits per heavy atom. The number of fused-ring (bicyclic) bond motifs is 5. The zero-order valence-electron chi connectivity index (χ0n) is 26.9. The molecule has 2 aromatic carbocycles. The first-order valence-electron chi connectivity index (χ1n) is 16.8. The molecule has 9 unspecified atom stereocenters. The van der Waals surface area contributed by atoms with Gasteiger partial charge in [0.2, 0.25) is 0 Å². The number of hydrogen-bond donors (Lipinski definition) is 0. The van der Waals surface area contributed by atoms with Crippen LogP contribution in [-0.4, -0.2) is 17.9 Å². The van der Waals surface area contributed by atoms with Gasteiger partial charge < -0.3 is 4.74 Å². The molecule has 2 aromatic rings. The molecule has 228 valence electrons. The van der Waals surface area contributed by atoms with Gasteiger partial charge in [-0.1, -0.05) is 92.2 Å². The van der Waals surface area contributed by atoms with Crippen LogP contribution in [0.3, 0.4) is 0 Å². The lowest BCUT2D eigenvalue weighted by molar-refractivity contribution is -0.190. The van der Waals surface area contributed by atoms with Gasteiger partial charge >= 0.3 is 5.97 Å². The second kappa shape index (κ2) is 11.9. The number of carbonyl (C=O) groups is 2. The molecule has 0 bridgehead atoms. The van der Waals surface area contributed by atoms with Crippen LogP contribution in [0.15, 0.2) is 78.4 Å². The van der Waals surface area contributed by atoms with Crippen molar-refractivity contribution in [3.05, 3.63) is 89.5 Å². The molecule has 6 rings (SSSR count). The van der Waals surface area contributed by atoms with E-state index in [0.717, 1.165) is 32.1 Å². The normalized spacial score (nSPS) is 37.0. The quantitative estimate of drug-likeness (QED) is 0.253. The maximum Gasteiger partial charge on any atom is 0.302 e. The van der Waals surface area contributed by atoms with Gasteiger partial charge in [0, 0.05) is 18.3 Å². The van der Waals surface area contributed by atoms with Gasteiger partial charge in [0.25, 0.3) is 0 Å². The molecule has 9 atom stereocenters. The highest BCUT2D eigenvalue weighted by Crippen LogP contribution is 2.69. The monoisotopic (exact) mass is 578 g/mol. The van der Waals surface area contributed by atoms with Crippen molar-refractivity contribution in [1.29, 1.82) is 0 Å². The van der Waals surface area contributed by atoms with Crippen LogP contribution in [0.25, 0.3) is 5.57 Å². The van der Waals surface area contributed by atoms with Crippen molar-refractivity contribution >= 4 is 17.3 Å². The Kier molecular flexibility index (Phi) is 8.31. The number of Topliss-reactive ketones (excluding diaryl/α,β-unsaturated/α-hetero) is 1. The average molecular weight is 579 g/mol. The number of esters is 1. The largest absolute Gasteiger partial charge is 0.462 e.